The van der Waals surface area contributed by atoms with Crippen molar-refractivity contribution in [1.82, 2.24) is 5.32 Å². The molecule has 5 heteroatoms. The molecule has 0 bridgehead atoms. The molecule has 0 heterocycles. The van der Waals surface area contributed by atoms with Crippen LogP contribution in [0.25, 0.3) is 0 Å². The van der Waals surface area contributed by atoms with Crippen LogP contribution < -0.4 is 10.1 Å². The van der Waals surface area contributed by atoms with Crippen molar-refractivity contribution in [2.45, 2.75) is 31.9 Å². The maximum absolute atomic E-state index is 11.6. The van der Waals surface area contributed by atoms with E-state index in [1.165, 1.54) is 0 Å². The largest absolute Gasteiger partial charge is 0.482 e. The molecule has 1 aromatic carbocycles. The summed E-state index contributed by atoms with van der Waals surface area (Å²) in [7, 11) is 0. The van der Waals surface area contributed by atoms with Gasteiger partial charge in [0.1, 0.15) is 5.75 Å². The summed E-state index contributed by atoms with van der Waals surface area (Å²) in [4.78, 5) is 23.1. The minimum atomic E-state index is -0.785. The number of ether oxygens (including phenoxy) is 2. The molecule has 0 radical (unpaired) electrons. The summed E-state index contributed by atoms with van der Waals surface area (Å²) in [5.41, 5.74) is 0. The molecule has 1 saturated carbocycles. The van der Waals surface area contributed by atoms with Crippen LogP contribution in [0, 0.1) is 0 Å². The molecule has 0 aliphatic heterocycles. The normalized spacial score (nSPS) is 15.4. The Hall–Kier alpha value is -2.04. The number of esters is 1. The Labute approximate surface area is 111 Å². The number of benzene rings is 1. The third kappa shape index (κ3) is 4.62. The first-order valence-electron chi connectivity index (χ1n) is 6.33. The van der Waals surface area contributed by atoms with Crippen LogP contribution in [0.1, 0.15) is 19.8 Å². The first-order chi connectivity index (χ1) is 9.15. The minimum Gasteiger partial charge on any atom is -0.482 e. The average molecular weight is 263 g/mol. The van der Waals surface area contributed by atoms with Crippen LogP contribution in [0.5, 0.6) is 5.75 Å². The fraction of sp³-hybridized carbons (Fsp3) is 0.429. The molecule has 2 rings (SSSR count). The van der Waals surface area contributed by atoms with Crippen LogP contribution >= 0.6 is 0 Å². The molecule has 0 saturated heterocycles. The second-order valence-corrected chi connectivity index (χ2v) is 4.52. The molecule has 5 nitrogen and oxygen atoms in total. The Kier molecular flexibility index (Phi) is 4.39. The number of hydrogen-bond donors (Lipinski definition) is 1. The third-order valence-electron chi connectivity index (χ3n) is 2.70. The molecule has 0 aromatic heterocycles. The summed E-state index contributed by atoms with van der Waals surface area (Å²) in [6.45, 7) is 1.35. The lowest BCUT2D eigenvalue weighted by atomic mass is 10.3. The van der Waals surface area contributed by atoms with Crippen LogP contribution in [-0.4, -0.2) is 30.6 Å². The molecular weight excluding hydrogens is 246 g/mol. The predicted octanol–water partition coefficient (Wildman–Crippen LogP) is 1.28. The second-order valence-electron chi connectivity index (χ2n) is 4.52. The van der Waals surface area contributed by atoms with E-state index in [0.717, 1.165) is 12.8 Å². The van der Waals surface area contributed by atoms with E-state index in [2.05, 4.69) is 5.32 Å². The fourth-order valence-electron chi connectivity index (χ4n) is 1.49. The average Bonchev–Trinajstić information content (AvgIpc) is 3.21. The van der Waals surface area contributed by atoms with Crippen LogP contribution in [0.3, 0.4) is 0 Å². The molecule has 19 heavy (non-hydrogen) atoms. The third-order valence-corrected chi connectivity index (χ3v) is 2.70. The van der Waals surface area contributed by atoms with E-state index in [9.17, 15) is 9.59 Å². The maximum atomic E-state index is 11.6. The van der Waals surface area contributed by atoms with Gasteiger partial charge < -0.3 is 14.8 Å². The van der Waals surface area contributed by atoms with Crippen molar-refractivity contribution in [1.29, 1.82) is 0 Å². The summed E-state index contributed by atoms with van der Waals surface area (Å²) < 4.78 is 10.2. The molecule has 1 aromatic rings. The van der Waals surface area contributed by atoms with Gasteiger partial charge in [0.2, 0.25) is 0 Å². The number of carbonyl (C=O) groups excluding carboxylic acids is 2. The van der Waals surface area contributed by atoms with E-state index < -0.39 is 12.1 Å². The van der Waals surface area contributed by atoms with Gasteiger partial charge in [-0.3, -0.25) is 4.79 Å². The van der Waals surface area contributed by atoms with Gasteiger partial charge in [-0.05, 0) is 31.9 Å². The lowest BCUT2D eigenvalue weighted by Gasteiger charge is -2.13. The van der Waals surface area contributed by atoms with Crippen molar-refractivity contribution in [3.63, 3.8) is 0 Å². The van der Waals surface area contributed by atoms with Crippen LogP contribution in [0.2, 0.25) is 0 Å². The molecule has 1 atom stereocenters. The van der Waals surface area contributed by atoms with Gasteiger partial charge in [-0.2, -0.15) is 0 Å². The number of amides is 1. The topological polar surface area (TPSA) is 64.6 Å². The molecule has 0 spiro atoms. The van der Waals surface area contributed by atoms with E-state index in [1.54, 1.807) is 19.1 Å². The number of para-hydroxylation sites is 1. The highest BCUT2D eigenvalue weighted by Crippen LogP contribution is 2.18. The molecule has 1 fully saturated rings. The molecule has 0 unspecified atom stereocenters. The van der Waals surface area contributed by atoms with Gasteiger partial charge in [0.25, 0.3) is 5.91 Å². The summed E-state index contributed by atoms with van der Waals surface area (Å²) in [6.07, 6.45) is 1.22. The molecular formula is C14H17NO4. The van der Waals surface area contributed by atoms with Gasteiger partial charge in [-0.1, -0.05) is 18.2 Å². The summed E-state index contributed by atoms with van der Waals surface area (Å²) >= 11 is 0. The lowest BCUT2D eigenvalue weighted by Crippen LogP contribution is -2.37. The molecule has 1 aliphatic rings. The summed E-state index contributed by atoms with van der Waals surface area (Å²) in [5.74, 6) is -0.215. The van der Waals surface area contributed by atoms with Gasteiger partial charge in [-0.15, -0.1) is 0 Å². The highest BCUT2D eigenvalue weighted by molar-refractivity contribution is 5.84. The molecule has 1 amide bonds. The molecule has 1 N–H and O–H groups in total. The standard InChI is InChI=1S/C14H17NO4/c1-10(14(17)15-11-7-8-11)19-13(16)9-18-12-5-3-2-4-6-12/h2-6,10-11H,7-9H2,1H3,(H,15,17)/t10-/m0/s1. The van der Waals surface area contributed by atoms with Crippen LogP contribution in [-0.2, 0) is 14.3 Å². The summed E-state index contributed by atoms with van der Waals surface area (Å²) in [5, 5.41) is 2.78. The Balaban J connectivity index is 1.69. The van der Waals surface area contributed by atoms with Crippen molar-refractivity contribution in [2.24, 2.45) is 0 Å². The zero-order valence-electron chi connectivity index (χ0n) is 10.8. The van der Waals surface area contributed by atoms with E-state index in [0.29, 0.717) is 5.75 Å². The monoisotopic (exact) mass is 263 g/mol. The van der Waals surface area contributed by atoms with Gasteiger partial charge in [-0.25, -0.2) is 4.79 Å². The van der Waals surface area contributed by atoms with E-state index in [4.69, 9.17) is 9.47 Å². The Morgan fingerprint density at radius 1 is 1.32 bits per heavy atom. The van der Waals surface area contributed by atoms with Crippen molar-refractivity contribution < 1.29 is 19.1 Å². The maximum Gasteiger partial charge on any atom is 0.344 e. The zero-order chi connectivity index (χ0) is 13.7. The number of nitrogens with one attached hydrogen (secondary N) is 1. The van der Waals surface area contributed by atoms with Gasteiger partial charge in [0.15, 0.2) is 12.7 Å². The molecule has 1 aliphatic carbocycles. The SMILES string of the molecule is C[C@H](OC(=O)COc1ccccc1)C(=O)NC1CC1. The predicted molar refractivity (Wildman–Crippen MR) is 68.7 cm³/mol. The highest BCUT2D eigenvalue weighted by Gasteiger charge is 2.27. The number of hydrogen-bond acceptors (Lipinski definition) is 4. The number of carbonyl (C=O) groups is 2. The van der Waals surface area contributed by atoms with Crippen molar-refractivity contribution in [3.05, 3.63) is 30.3 Å². The summed E-state index contributed by atoms with van der Waals surface area (Å²) in [6, 6.07) is 9.23. The number of rotatable bonds is 6. The Bertz CT molecular complexity index is 442. The van der Waals surface area contributed by atoms with E-state index >= 15 is 0 Å². The van der Waals surface area contributed by atoms with Gasteiger partial charge in [0, 0.05) is 6.04 Å². The van der Waals surface area contributed by atoms with Crippen molar-refractivity contribution in [2.75, 3.05) is 6.61 Å². The van der Waals surface area contributed by atoms with Crippen molar-refractivity contribution in [3.8, 4) is 5.75 Å². The van der Waals surface area contributed by atoms with Crippen LogP contribution in [0.4, 0.5) is 0 Å². The lowest BCUT2D eigenvalue weighted by molar-refractivity contribution is -0.156. The van der Waals surface area contributed by atoms with Gasteiger partial charge in [0.05, 0.1) is 0 Å². The fourth-order valence-corrected chi connectivity index (χ4v) is 1.49. The minimum absolute atomic E-state index is 0.203. The first kappa shape index (κ1) is 13.4. The first-order valence-corrected chi connectivity index (χ1v) is 6.33. The Morgan fingerprint density at radius 3 is 2.63 bits per heavy atom. The Morgan fingerprint density at radius 2 is 2.00 bits per heavy atom. The second kappa shape index (κ2) is 6.22. The zero-order valence-corrected chi connectivity index (χ0v) is 10.8. The molecule has 102 valence electrons. The van der Waals surface area contributed by atoms with E-state index in [-0.39, 0.29) is 18.6 Å². The highest BCUT2D eigenvalue weighted by atomic mass is 16.6. The quantitative estimate of drug-likeness (QED) is 0.785. The van der Waals surface area contributed by atoms with E-state index in [1.807, 2.05) is 18.2 Å². The van der Waals surface area contributed by atoms with Crippen LogP contribution in [0.15, 0.2) is 30.3 Å². The van der Waals surface area contributed by atoms with Crippen molar-refractivity contribution >= 4 is 11.9 Å². The smallest absolute Gasteiger partial charge is 0.344 e. The van der Waals surface area contributed by atoms with Gasteiger partial charge >= 0.3 is 5.97 Å².